The van der Waals surface area contributed by atoms with Crippen molar-refractivity contribution in [1.29, 1.82) is 0 Å². The Morgan fingerprint density at radius 2 is 0.740 bits per heavy atom. The Morgan fingerprint density at radius 3 is 1.04 bits per heavy atom. The van der Waals surface area contributed by atoms with E-state index in [0.29, 0.717) is 13.1 Å². The van der Waals surface area contributed by atoms with Crippen LogP contribution in [0.15, 0.2) is 0 Å². The van der Waals surface area contributed by atoms with Crippen LogP contribution in [0.4, 0.5) is 39.5 Å². The summed E-state index contributed by atoms with van der Waals surface area (Å²) in [6.45, 7) is 5.07. The second-order valence-electron chi connectivity index (χ2n) is 25.8. The number of nitrogens with zero attached hydrogens (tertiary/aromatic N) is 1. The number of aliphatic hydroxyl groups is 7. The topological polar surface area (TPSA) is 482 Å². The second kappa shape index (κ2) is 50.9. The SMILES string of the molecule is CCCCCCCCCCCCCCCCCCN(CCCCCCCCCCCCCCCCCC)C(=O)CCC(=O)NC[C@H]1O[C@@H](O[C@@H]2[C@H](O)[C@@H](O[C@@H]3O[C@H](CO)[C@@H](O)[C@H]([NH3+])[C@H]3O)[C@H]([NH3+])C[C@@H]2[NH3+])[C@H](O)[C@@H](O)[C@@H]1O.O=S(=O)([O-])C(F)(F)F.O=S(=O)([O-])C(F)(F)F.O=S(=O)([O-])C(F)(F)F. The monoisotopic (exact) mass is 1540 g/mol. The summed E-state index contributed by atoms with van der Waals surface area (Å²) in [6.07, 6.45) is 24.6. The van der Waals surface area contributed by atoms with Gasteiger partial charge in [0.15, 0.2) is 49.0 Å². The van der Waals surface area contributed by atoms with Crippen LogP contribution in [0.5, 0.6) is 0 Å². The first-order valence-corrected chi connectivity index (χ1v) is 39.1. The molecule has 3 rings (SSSR count). The number of alkyl halides is 9. The molecular weight excluding hydrogens is 1420 g/mol. The van der Waals surface area contributed by atoms with Gasteiger partial charge in [0.05, 0.1) is 13.0 Å². The zero-order chi connectivity index (χ0) is 76.5. The maximum Gasteiger partial charge on any atom is 0.485 e. The maximum atomic E-state index is 13.7. The third kappa shape index (κ3) is 40.8. The first-order valence-electron chi connectivity index (χ1n) is 34.9. The Labute approximate surface area is 583 Å². The zero-order valence-electron chi connectivity index (χ0n) is 57.7. The van der Waals surface area contributed by atoms with E-state index in [1.807, 2.05) is 4.90 Å². The summed E-state index contributed by atoms with van der Waals surface area (Å²) in [7, 11) is -18.3. The third-order valence-electron chi connectivity index (χ3n) is 17.3. The van der Waals surface area contributed by atoms with Crippen molar-refractivity contribution in [2.75, 3.05) is 26.2 Å². The van der Waals surface area contributed by atoms with Gasteiger partial charge in [-0.15, -0.1) is 0 Å². The summed E-state index contributed by atoms with van der Waals surface area (Å²) in [5.41, 5.74) is -4.97. The number of carbonyl (C=O) groups excluding carboxylic acids is 2. The minimum absolute atomic E-state index is 0.0330. The number of halogens is 9. The van der Waals surface area contributed by atoms with Crippen molar-refractivity contribution in [3.63, 3.8) is 0 Å². The number of aliphatic hydroxyl groups excluding tert-OH is 7. The van der Waals surface area contributed by atoms with Crippen LogP contribution < -0.4 is 22.5 Å². The van der Waals surface area contributed by atoms with Crippen LogP contribution in [0.25, 0.3) is 0 Å². The summed E-state index contributed by atoms with van der Waals surface area (Å²) < 4.78 is 200. The largest absolute Gasteiger partial charge is 0.741 e. The number of rotatable bonds is 44. The Kier molecular flexibility index (Phi) is 49.6. The molecule has 0 aromatic rings. The molecule has 15 atom stereocenters. The van der Waals surface area contributed by atoms with Crippen LogP contribution in [-0.4, -0.2) is 226 Å². The zero-order valence-corrected chi connectivity index (χ0v) is 60.1. The first kappa shape index (κ1) is 97.5. The van der Waals surface area contributed by atoms with E-state index in [1.165, 1.54) is 167 Å². The molecule has 1 aliphatic carbocycles. The van der Waals surface area contributed by atoms with Crippen molar-refractivity contribution >= 4 is 42.2 Å². The molecule has 598 valence electrons. The number of ether oxygens (including phenoxy) is 4. The molecule has 0 aromatic heterocycles. The molecule has 3 fully saturated rings. The highest BCUT2D eigenvalue weighted by Gasteiger charge is 2.54. The molecule has 17 N–H and O–H groups in total. The summed E-state index contributed by atoms with van der Waals surface area (Å²) in [5.74, 6) is -0.485. The molecule has 2 heterocycles. The Hall–Kier alpha value is -2.52. The fourth-order valence-electron chi connectivity index (χ4n) is 11.3. The number of carbonyl (C=O) groups is 2. The van der Waals surface area contributed by atoms with E-state index in [1.54, 1.807) is 0 Å². The molecule has 39 heteroatoms. The van der Waals surface area contributed by atoms with E-state index in [0.717, 1.165) is 38.5 Å². The van der Waals surface area contributed by atoms with E-state index >= 15 is 0 Å². The summed E-state index contributed by atoms with van der Waals surface area (Å²) >= 11 is 0. The van der Waals surface area contributed by atoms with Gasteiger partial charge in [-0.2, -0.15) is 39.5 Å². The molecule has 27 nitrogen and oxygen atoms in total. The van der Waals surface area contributed by atoms with Gasteiger partial charge in [0, 0.05) is 32.5 Å². The minimum Gasteiger partial charge on any atom is -0.741 e. The molecule has 2 saturated heterocycles. The Bertz CT molecular complexity index is 2370. The van der Waals surface area contributed by atoms with Gasteiger partial charge in [0.2, 0.25) is 11.8 Å². The quantitative estimate of drug-likeness (QED) is 0.0178. The van der Waals surface area contributed by atoms with Crippen LogP contribution >= 0.6 is 0 Å². The van der Waals surface area contributed by atoms with E-state index in [4.69, 9.17) is 57.9 Å². The average molecular weight is 1540 g/mol. The van der Waals surface area contributed by atoms with Gasteiger partial charge in [0.1, 0.15) is 73.1 Å². The smallest absolute Gasteiger partial charge is 0.485 e. The van der Waals surface area contributed by atoms with Crippen molar-refractivity contribution < 1.29 is 160 Å². The number of hydrogen-bond donors (Lipinski definition) is 11. The Balaban J connectivity index is 0.00000344. The fourth-order valence-corrected chi connectivity index (χ4v) is 11.3. The highest BCUT2D eigenvalue weighted by Crippen LogP contribution is 2.31. The van der Waals surface area contributed by atoms with Gasteiger partial charge < -0.3 is 95.8 Å². The van der Waals surface area contributed by atoms with Crippen LogP contribution in [0.1, 0.15) is 239 Å². The van der Waals surface area contributed by atoms with Crippen LogP contribution in [0.3, 0.4) is 0 Å². The van der Waals surface area contributed by atoms with E-state index in [2.05, 4.69) is 36.4 Å². The van der Waals surface area contributed by atoms with Crippen LogP contribution in [0.2, 0.25) is 0 Å². The predicted molar refractivity (Wildman–Crippen MR) is 340 cm³/mol. The number of amides is 2. The molecule has 1 saturated carbocycles. The molecular formula is C61H116F9N5O22S3. The lowest BCUT2D eigenvalue weighted by atomic mass is 9.84. The van der Waals surface area contributed by atoms with Crippen LogP contribution in [0, 0.1) is 0 Å². The summed E-state index contributed by atoms with van der Waals surface area (Å²) in [4.78, 5) is 28.9. The van der Waals surface area contributed by atoms with Crippen molar-refractivity contribution in [1.82, 2.24) is 10.2 Å². The van der Waals surface area contributed by atoms with Gasteiger partial charge in [0.25, 0.3) is 0 Å². The van der Waals surface area contributed by atoms with Crippen molar-refractivity contribution in [3.05, 3.63) is 0 Å². The first-order chi connectivity index (χ1) is 46.5. The molecule has 0 bridgehead atoms. The second-order valence-corrected chi connectivity index (χ2v) is 29.9. The molecule has 0 spiro atoms. The molecule has 100 heavy (non-hydrogen) atoms. The number of nitrogens with one attached hydrogen (secondary N) is 1. The van der Waals surface area contributed by atoms with Crippen molar-refractivity contribution in [2.45, 2.75) is 347 Å². The van der Waals surface area contributed by atoms with Crippen molar-refractivity contribution in [2.24, 2.45) is 0 Å². The fraction of sp³-hybridized carbons (Fsp3) is 0.967. The normalized spacial score (nSPS) is 26.1. The van der Waals surface area contributed by atoms with E-state index in [-0.39, 0.29) is 31.7 Å². The standard InChI is InChI=1S/C58H113N5O13.3CHF3O3S/c1-3-5-7-9-11-13-15-17-19-21-23-25-27-29-31-33-37-63(38-34-32-30-28-26-24-22-20-18-16-14-12-10-8-6-4-2)47(66)36-35-46(65)62-40-44-50(68)52(70)53(71)58(73-44)76-56-43(60)39-42(59)55(54(56)72)75-57-51(69)48(61)49(67)45(41-64)74-57;3*2-1(3,4)8(5,6)7/h42-45,48-58,64,67-72H,3-41,59-61H2,1-2H3,(H,62,65);3*(H,5,6,7)/t42-,43+,44-,45-,48+,49-,50-,51-,52+,53-,54-,55+,56+,57+,58+;;;/m1.../s1. The van der Waals surface area contributed by atoms with Gasteiger partial charge >= 0.3 is 16.5 Å². The number of unbranched alkanes of at least 4 members (excludes halogenated alkanes) is 30. The predicted octanol–water partition coefficient (Wildman–Crippen LogP) is 4.00. The highest BCUT2D eigenvalue weighted by atomic mass is 32.2. The summed E-state index contributed by atoms with van der Waals surface area (Å²) in [6, 6.07) is -2.14. The van der Waals surface area contributed by atoms with E-state index < -0.39 is 151 Å². The molecule has 0 radical (unpaired) electrons. The minimum atomic E-state index is -6.09. The lowest BCUT2D eigenvalue weighted by Gasteiger charge is -2.46. The number of hydrogen-bond acceptors (Lipinski definition) is 22. The maximum absolute atomic E-state index is 13.7. The lowest BCUT2D eigenvalue weighted by molar-refractivity contribution is -0.525. The van der Waals surface area contributed by atoms with Crippen molar-refractivity contribution in [3.8, 4) is 0 Å². The average Bonchev–Trinajstić information content (AvgIpc) is 0.782. The highest BCUT2D eigenvalue weighted by molar-refractivity contribution is 7.87. The number of quaternary nitrogens is 3. The molecule has 0 aromatic carbocycles. The lowest BCUT2D eigenvalue weighted by Crippen LogP contribution is -2.83. The molecule has 2 aliphatic heterocycles. The Morgan fingerprint density at radius 1 is 0.450 bits per heavy atom. The molecule has 2 amide bonds. The van der Waals surface area contributed by atoms with Gasteiger partial charge in [-0.3, -0.25) is 9.59 Å². The third-order valence-corrected chi connectivity index (χ3v) is 19.0. The molecule has 0 unspecified atom stereocenters. The van der Waals surface area contributed by atoms with Gasteiger partial charge in [-0.25, -0.2) is 25.3 Å². The van der Waals surface area contributed by atoms with E-state index in [9.17, 15) is 84.8 Å². The summed E-state index contributed by atoms with van der Waals surface area (Å²) in [5, 5.41) is 77.8. The van der Waals surface area contributed by atoms with Gasteiger partial charge in [-0.05, 0) is 12.8 Å². The molecule has 3 aliphatic rings. The van der Waals surface area contributed by atoms with Gasteiger partial charge in [-0.1, -0.05) is 206 Å². The van der Waals surface area contributed by atoms with Crippen LogP contribution in [-0.2, 0) is 58.9 Å².